The van der Waals surface area contributed by atoms with Gasteiger partial charge in [0.05, 0.1) is 13.2 Å². The first-order valence-electron chi connectivity index (χ1n) is 6.63. The molecule has 1 saturated heterocycles. The SMILES string of the molecule is CC1(C)C(=CC2OCCCO2)[C@@H]2CC[C@H]1C2. The van der Waals surface area contributed by atoms with Crippen molar-refractivity contribution in [1.29, 1.82) is 0 Å². The van der Waals surface area contributed by atoms with Crippen LogP contribution in [0.5, 0.6) is 0 Å². The van der Waals surface area contributed by atoms with Crippen molar-refractivity contribution in [1.82, 2.24) is 0 Å². The van der Waals surface area contributed by atoms with Crippen LogP contribution in [0.25, 0.3) is 0 Å². The average Bonchev–Trinajstić information content (AvgIpc) is 2.83. The van der Waals surface area contributed by atoms with Gasteiger partial charge in [0.25, 0.3) is 0 Å². The fourth-order valence-electron chi connectivity index (χ4n) is 3.78. The lowest BCUT2D eigenvalue weighted by Crippen LogP contribution is -2.28. The van der Waals surface area contributed by atoms with Gasteiger partial charge >= 0.3 is 0 Å². The second-order valence-electron chi connectivity index (χ2n) is 6.01. The highest BCUT2D eigenvalue weighted by Crippen LogP contribution is 2.59. The summed E-state index contributed by atoms with van der Waals surface area (Å²) in [7, 11) is 0. The number of rotatable bonds is 1. The second kappa shape index (κ2) is 3.85. The van der Waals surface area contributed by atoms with E-state index < -0.39 is 0 Å². The largest absolute Gasteiger partial charge is 0.349 e. The number of ether oxygens (including phenoxy) is 2. The molecule has 2 aliphatic carbocycles. The van der Waals surface area contributed by atoms with Gasteiger partial charge in [-0.05, 0) is 49.0 Å². The Bertz CT molecular complexity index is 300. The fourth-order valence-corrected chi connectivity index (χ4v) is 3.78. The predicted octanol–water partition coefficient (Wildman–Crippen LogP) is 3.13. The quantitative estimate of drug-likeness (QED) is 0.635. The molecule has 2 bridgehead atoms. The van der Waals surface area contributed by atoms with Gasteiger partial charge in [-0.15, -0.1) is 0 Å². The normalized spacial score (nSPS) is 40.8. The van der Waals surface area contributed by atoms with Crippen molar-refractivity contribution in [3.63, 3.8) is 0 Å². The summed E-state index contributed by atoms with van der Waals surface area (Å²) >= 11 is 0. The van der Waals surface area contributed by atoms with E-state index in [1.165, 1.54) is 19.3 Å². The van der Waals surface area contributed by atoms with Crippen molar-refractivity contribution in [2.75, 3.05) is 13.2 Å². The second-order valence-corrected chi connectivity index (χ2v) is 6.01. The summed E-state index contributed by atoms with van der Waals surface area (Å²) in [6, 6.07) is 0. The molecule has 3 aliphatic rings. The zero-order chi connectivity index (χ0) is 11.2. The third-order valence-electron chi connectivity index (χ3n) is 4.81. The molecule has 2 saturated carbocycles. The summed E-state index contributed by atoms with van der Waals surface area (Å²) in [6.45, 7) is 6.49. The highest BCUT2D eigenvalue weighted by molar-refractivity contribution is 5.26. The lowest BCUT2D eigenvalue weighted by atomic mass is 9.72. The standard InChI is InChI=1S/C14H22O2/c1-14(2)11-5-4-10(8-11)12(14)9-13-15-6-3-7-16-13/h9-11,13H,3-8H2,1-2H3/t10-,11+/m1/s1. The van der Waals surface area contributed by atoms with E-state index in [-0.39, 0.29) is 6.29 Å². The minimum absolute atomic E-state index is 0.0672. The maximum atomic E-state index is 5.64. The van der Waals surface area contributed by atoms with Gasteiger partial charge in [0.15, 0.2) is 6.29 Å². The Balaban J connectivity index is 1.80. The maximum Gasteiger partial charge on any atom is 0.177 e. The first-order chi connectivity index (χ1) is 7.68. The van der Waals surface area contributed by atoms with Crippen LogP contribution in [0.3, 0.4) is 0 Å². The Morgan fingerprint density at radius 2 is 1.94 bits per heavy atom. The lowest BCUT2D eigenvalue weighted by Gasteiger charge is -2.34. The molecule has 0 aromatic carbocycles. The van der Waals surface area contributed by atoms with Crippen molar-refractivity contribution in [3.8, 4) is 0 Å². The summed E-state index contributed by atoms with van der Waals surface area (Å²) in [4.78, 5) is 0. The van der Waals surface area contributed by atoms with Crippen LogP contribution in [0.15, 0.2) is 11.6 Å². The molecular weight excluding hydrogens is 200 g/mol. The first kappa shape index (κ1) is 10.8. The van der Waals surface area contributed by atoms with E-state index in [1.54, 1.807) is 5.57 Å². The summed E-state index contributed by atoms with van der Waals surface area (Å²) in [5.74, 6) is 1.71. The van der Waals surface area contributed by atoms with Crippen LogP contribution >= 0.6 is 0 Å². The van der Waals surface area contributed by atoms with Crippen molar-refractivity contribution < 1.29 is 9.47 Å². The van der Waals surface area contributed by atoms with E-state index in [1.807, 2.05) is 0 Å². The molecule has 90 valence electrons. The Labute approximate surface area is 98.0 Å². The van der Waals surface area contributed by atoms with Crippen molar-refractivity contribution in [2.45, 2.75) is 45.8 Å². The molecular formula is C14H22O2. The van der Waals surface area contributed by atoms with Crippen LogP contribution in [0, 0.1) is 17.3 Å². The van der Waals surface area contributed by atoms with Crippen LogP contribution < -0.4 is 0 Å². The Hall–Kier alpha value is -0.340. The molecule has 16 heavy (non-hydrogen) atoms. The van der Waals surface area contributed by atoms with Gasteiger partial charge in [-0.3, -0.25) is 0 Å². The van der Waals surface area contributed by atoms with Gasteiger partial charge in [0, 0.05) is 0 Å². The van der Waals surface area contributed by atoms with E-state index in [2.05, 4.69) is 19.9 Å². The van der Waals surface area contributed by atoms with Gasteiger partial charge < -0.3 is 9.47 Å². The zero-order valence-electron chi connectivity index (χ0n) is 10.4. The van der Waals surface area contributed by atoms with Gasteiger partial charge in [0.2, 0.25) is 0 Å². The van der Waals surface area contributed by atoms with E-state index in [9.17, 15) is 0 Å². The molecule has 2 nitrogen and oxygen atoms in total. The Morgan fingerprint density at radius 1 is 1.19 bits per heavy atom. The summed E-state index contributed by atoms with van der Waals surface area (Å²) in [6.07, 6.45) is 7.44. The fraction of sp³-hybridized carbons (Fsp3) is 0.857. The van der Waals surface area contributed by atoms with Gasteiger partial charge in [0.1, 0.15) is 0 Å². The highest BCUT2D eigenvalue weighted by Gasteiger charge is 2.48. The van der Waals surface area contributed by atoms with E-state index >= 15 is 0 Å². The third kappa shape index (κ3) is 1.63. The zero-order valence-corrected chi connectivity index (χ0v) is 10.4. The Morgan fingerprint density at radius 3 is 2.56 bits per heavy atom. The number of hydrogen-bond acceptors (Lipinski definition) is 2. The molecule has 0 aromatic rings. The molecule has 2 atom stereocenters. The van der Waals surface area contributed by atoms with E-state index in [0.29, 0.717) is 5.41 Å². The maximum absolute atomic E-state index is 5.64. The smallest absolute Gasteiger partial charge is 0.177 e. The number of allylic oxidation sites excluding steroid dienone is 1. The molecule has 3 rings (SSSR count). The lowest BCUT2D eigenvalue weighted by molar-refractivity contribution is -0.150. The third-order valence-corrected chi connectivity index (χ3v) is 4.81. The van der Waals surface area contributed by atoms with Crippen molar-refractivity contribution in [2.24, 2.45) is 17.3 Å². The summed E-state index contributed by atoms with van der Waals surface area (Å²) in [5.41, 5.74) is 1.99. The minimum Gasteiger partial charge on any atom is -0.349 e. The molecule has 0 spiro atoms. The van der Waals surface area contributed by atoms with Crippen LogP contribution in [0.2, 0.25) is 0 Å². The minimum atomic E-state index is -0.0672. The Kier molecular flexibility index (Phi) is 2.60. The van der Waals surface area contributed by atoms with Crippen LogP contribution in [-0.2, 0) is 9.47 Å². The van der Waals surface area contributed by atoms with Gasteiger partial charge in [-0.1, -0.05) is 19.4 Å². The number of fused-ring (bicyclic) bond motifs is 2. The highest BCUT2D eigenvalue weighted by atomic mass is 16.7. The monoisotopic (exact) mass is 222 g/mol. The molecule has 3 fully saturated rings. The average molecular weight is 222 g/mol. The first-order valence-corrected chi connectivity index (χ1v) is 6.63. The van der Waals surface area contributed by atoms with Crippen LogP contribution in [0.1, 0.15) is 39.5 Å². The van der Waals surface area contributed by atoms with E-state index in [0.717, 1.165) is 31.5 Å². The molecule has 0 radical (unpaired) electrons. The van der Waals surface area contributed by atoms with Gasteiger partial charge in [-0.25, -0.2) is 0 Å². The predicted molar refractivity (Wildman–Crippen MR) is 63.0 cm³/mol. The molecule has 1 aliphatic heterocycles. The molecule has 0 N–H and O–H groups in total. The van der Waals surface area contributed by atoms with Crippen molar-refractivity contribution in [3.05, 3.63) is 11.6 Å². The summed E-state index contributed by atoms with van der Waals surface area (Å²) in [5, 5.41) is 0. The van der Waals surface area contributed by atoms with Gasteiger partial charge in [-0.2, -0.15) is 0 Å². The molecule has 0 amide bonds. The molecule has 0 unspecified atom stereocenters. The van der Waals surface area contributed by atoms with Crippen LogP contribution in [-0.4, -0.2) is 19.5 Å². The molecule has 2 heteroatoms. The molecule has 1 heterocycles. The number of hydrogen-bond donors (Lipinski definition) is 0. The topological polar surface area (TPSA) is 18.5 Å². The van der Waals surface area contributed by atoms with Crippen molar-refractivity contribution >= 4 is 0 Å². The molecule has 0 aromatic heterocycles. The summed E-state index contributed by atoms with van der Waals surface area (Å²) < 4.78 is 11.3. The van der Waals surface area contributed by atoms with Crippen LogP contribution in [0.4, 0.5) is 0 Å². The van der Waals surface area contributed by atoms with E-state index in [4.69, 9.17) is 9.47 Å².